The molecule has 3 aromatic rings. The van der Waals surface area contributed by atoms with Gasteiger partial charge < -0.3 is 19.9 Å². The number of carbonyl (C=O) groups is 1. The molecule has 7 nitrogen and oxygen atoms in total. The molecule has 0 radical (unpaired) electrons. The number of methoxy groups -OCH3 is 1. The number of H-pyrrole nitrogens is 1. The van der Waals surface area contributed by atoms with Crippen LogP contribution in [-0.4, -0.2) is 47.5 Å². The highest BCUT2D eigenvalue weighted by molar-refractivity contribution is 5.80. The van der Waals surface area contributed by atoms with Crippen LogP contribution in [0.1, 0.15) is 42.1 Å². The van der Waals surface area contributed by atoms with E-state index in [0.717, 1.165) is 55.9 Å². The average Bonchev–Trinajstić information content (AvgIpc) is 3.44. The third-order valence-corrected chi connectivity index (χ3v) is 6.86. The summed E-state index contributed by atoms with van der Waals surface area (Å²) in [6.45, 7) is 4.71. The molecule has 0 saturated carbocycles. The van der Waals surface area contributed by atoms with E-state index in [2.05, 4.69) is 38.4 Å². The zero-order valence-corrected chi connectivity index (χ0v) is 20.5. The minimum Gasteiger partial charge on any atom is -0.497 e. The van der Waals surface area contributed by atoms with Gasteiger partial charge >= 0.3 is 0 Å². The smallest absolute Gasteiger partial charge is 0.225 e. The molecule has 1 aromatic heterocycles. The van der Waals surface area contributed by atoms with Crippen LogP contribution in [0.15, 0.2) is 61.1 Å². The van der Waals surface area contributed by atoms with Gasteiger partial charge in [-0.05, 0) is 68.1 Å². The predicted molar refractivity (Wildman–Crippen MR) is 135 cm³/mol. The maximum atomic E-state index is 13.5. The van der Waals surface area contributed by atoms with Gasteiger partial charge in [-0.2, -0.15) is 5.26 Å². The highest BCUT2D eigenvalue weighted by Crippen LogP contribution is 2.26. The van der Waals surface area contributed by atoms with E-state index < -0.39 is 5.54 Å². The number of amides is 1. The van der Waals surface area contributed by atoms with Crippen LogP contribution in [0.25, 0.3) is 0 Å². The molecule has 2 N–H and O–H groups in total. The van der Waals surface area contributed by atoms with Crippen molar-refractivity contribution >= 4 is 5.91 Å². The lowest BCUT2D eigenvalue weighted by atomic mass is 9.87. The van der Waals surface area contributed by atoms with E-state index in [9.17, 15) is 4.79 Å². The van der Waals surface area contributed by atoms with Gasteiger partial charge in [-0.1, -0.05) is 24.3 Å². The topological polar surface area (TPSA) is 94.0 Å². The predicted octanol–water partition coefficient (Wildman–Crippen LogP) is 3.82. The molecular formula is C28H33N5O2. The second-order valence-electron chi connectivity index (χ2n) is 9.51. The van der Waals surface area contributed by atoms with Gasteiger partial charge in [0.15, 0.2) is 0 Å². The zero-order chi connectivity index (χ0) is 24.7. The van der Waals surface area contributed by atoms with Gasteiger partial charge in [0.05, 0.1) is 48.4 Å². The number of benzene rings is 2. The summed E-state index contributed by atoms with van der Waals surface area (Å²) in [5.41, 5.74) is 3.14. The second kappa shape index (κ2) is 11.2. The molecule has 2 aromatic carbocycles. The molecule has 1 aliphatic rings. The van der Waals surface area contributed by atoms with Crippen molar-refractivity contribution in [2.75, 3.05) is 26.7 Å². The highest BCUT2D eigenvalue weighted by Gasteiger charge is 2.34. The summed E-state index contributed by atoms with van der Waals surface area (Å²) in [6, 6.07) is 17.8. The number of piperidine rings is 1. The number of aromatic nitrogens is 2. The number of nitrogens with one attached hydrogen (secondary N) is 2. The Balaban J connectivity index is 1.40. The Bertz CT molecular complexity index is 1150. The summed E-state index contributed by atoms with van der Waals surface area (Å²) in [5, 5.41) is 12.4. The fraction of sp³-hybridized carbons (Fsp3) is 0.393. The summed E-state index contributed by atoms with van der Waals surface area (Å²) < 4.78 is 5.34. The van der Waals surface area contributed by atoms with Crippen molar-refractivity contribution in [2.24, 2.45) is 5.92 Å². The van der Waals surface area contributed by atoms with E-state index in [0.29, 0.717) is 12.0 Å². The van der Waals surface area contributed by atoms with Crippen LogP contribution in [0.2, 0.25) is 0 Å². The van der Waals surface area contributed by atoms with Crippen molar-refractivity contribution in [1.29, 1.82) is 5.26 Å². The number of likely N-dealkylation sites (tertiary alicyclic amines) is 1. The van der Waals surface area contributed by atoms with Crippen molar-refractivity contribution in [2.45, 2.75) is 38.1 Å². The summed E-state index contributed by atoms with van der Waals surface area (Å²) in [7, 11) is 1.69. The molecule has 1 aliphatic heterocycles. The molecule has 0 aliphatic carbocycles. The Labute approximate surface area is 207 Å². The standard InChI is InChI=1S/C28H33N5O2/c1-28(26-18-30-20-31-26,16-22-8-10-23(17-29)11-9-22)32-27(34)24-6-4-13-33(19-24)14-12-21-5-3-7-25(15-21)35-2/h3,5,7-11,15,18,20,24H,4,6,12-14,16,19H2,1-2H3,(H,30,31)(H,32,34)/t24-,28?/m0/s1. The average molecular weight is 472 g/mol. The third-order valence-electron chi connectivity index (χ3n) is 6.86. The minimum absolute atomic E-state index is 0.0581. The van der Waals surface area contributed by atoms with Crippen molar-refractivity contribution in [3.63, 3.8) is 0 Å². The van der Waals surface area contributed by atoms with Crippen LogP contribution in [0.5, 0.6) is 5.75 Å². The van der Waals surface area contributed by atoms with Crippen molar-refractivity contribution in [3.8, 4) is 11.8 Å². The molecule has 1 amide bonds. The molecule has 35 heavy (non-hydrogen) atoms. The summed E-state index contributed by atoms with van der Waals surface area (Å²) in [4.78, 5) is 23.2. The van der Waals surface area contributed by atoms with Crippen molar-refractivity contribution in [3.05, 3.63) is 83.4 Å². The molecular weight excluding hydrogens is 438 g/mol. The molecule has 0 bridgehead atoms. The fourth-order valence-electron chi connectivity index (χ4n) is 4.83. The van der Waals surface area contributed by atoms with E-state index >= 15 is 0 Å². The van der Waals surface area contributed by atoms with Gasteiger partial charge in [-0.15, -0.1) is 0 Å². The SMILES string of the molecule is COc1cccc(CCN2CCC[C@H](C(=O)NC(C)(Cc3ccc(C#N)cc3)c3cnc[nH]3)C2)c1. The van der Waals surface area contributed by atoms with E-state index in [1.165, 1.54) is 5.56 Å². The van der Waals surface area contributed by atoms with Crippen LogP contribution < -0.4 is 10.1 Å². The van der Waals surface area contributed by atoms with Gasteiger partial charge in [0.25, 0.3) is 0 Å². The van der Waals surface area contributed by atoms with Gasteiger partial charge in [0.2, 0.25) is 5.91 Å². The Morgan fingerprint density at radius 1 is 1.29 bits per heavy atom. The summed E-state index contributed by atoms with van der Waals surface area (Å²) in [5.74, 6) is 0.887. The molecule has 2 atom stereocenters. The normalized spacial score (nSPS) is 17.8. The first-order valence-corrected chi connectivity index (χ1v) is 12.1. The third kappa shape index (κ3) is 6.28. The number of imidazole rings is 1. The van der Waals surface area contributed by atoms with E-state index in [-0.39, 0.29) is 11.8 Å². The lowest BCUT2D eigenvalue weighted by Gasteiger charge is -2.36. The van der Waals surface area contributed by atoms with Gasteiger partial charge in [-0.3, -0.25) is 4.79 Å². The number of hydrogen-bond donors (Lipinski definition) is 2. The lowest BCUT2D eigenvalue weighted by Crippen LogP contribution is -2.51. The van der Waals surface area contributed by atoms with Gasteiger partial charge in [0, 0.05) is 19.5 Å². The Morgan fingerprint density at radius 3 is 2.83 bits per heavy atom. The van der Waals surface area contributed by atoms with E-state index in [1.807, 2.05) is 43.3 Å². The second-order valence-corrected chi connectivity index (χ2v) is 9.51. The van der Waals surface area contributed by atoms with Crippen LogP contribution in [0.3, 0.4) is 0 Å². The molecule has 1 unspecified atom stereocenters. The number of nitriles is 1. The zero-order valence-electron chi connectivity index (χ0n) is 20.5. The Morgan fingerprint density at radius 2 is 2.11 bits per heavy atom. The Kier molecular flexibility index (Phi) is 7.84. The van der Waals surface area contributed by atoms with Crippen LogP contribution in [0.4, 0.5) is 0 Å². The fourth-order valence-corrected chi connectivity index (χ4v) is 4.83. The maximum absolute atomic E-state index is 13.5. The van der Waals surface area contributed by atoms with E-state index in [4.69, 9.17) is 10.00 Å². The van der Waals surface area contributed by atoms with Crippen LogP contribution in [0, 0.1) is 17.2 Å². The summed E-state index contributed by atoms with van der Waals surface area (Å²) >= 11 is 0. The Hall–Kier alpha value is -3.63. The first-order chi connectivity index (χ1) is 17.0. The first kappa shape index (κ1) is 24.5. The number of aromatic amines is 1. The molecule has 2 heterocycles. The van der Waals surface area contributed by atoms with Crippen molar-refractivity contribution < 1.29 is 9.53 Å². The number of rotatable bonds is 9. The van der Waals surface area contributed by atoms with E-state index in [1.54, 1.807) is 19.6 Å². The summed E-state index contributed by atoms with van der Waals surface area (Å²) in [6.07, 6.45) is 6.82. The van der Waals surface area contributed by atoms with Crippen molar-refractivity contribution in [1.82, 2.24) is 20.2 Å². The molecule has 0 spiro atoms. The maximum Gasteiger partial charge on any atom is 0.225 e. The monoisotopic (exact) mass is 471 g/mol. The molecule has 1 saturated heterocycles. The largest absolute Gasteiger partial charge is 0.497 e. The van der Waals surface area contributed by atoms with Crippen LogP contribution >= 0.6 is 0 Å². The number of carbonyl (C=O) groups excluding carboxylic acids is 1. The molecule has 1 fully saturated rings. The van der Waals surface area contributed by atoms with Crippen LogP contribution in [-0.2, 0) is 23.2 Å². The quantitative estimate of drug-likeness (QED) is 0.495. The number of ether oxygens (including phenoxy) is 1. The van der Waals surface area contributed by atoms with Gasteiger partial charge in [-0.25, -0.2) is 4.98 Å². The highest BCUT2D eigenvalue weighted by atomic mass is 16.5. The molecule has 182 valence electrons. The van der Waals surface area contributed by atoms with Gasteiger partial charge in [0.1, 0.15) is 5.75 Å². The lowest BCUT2D eigenvalue weighted by molar-refractivity contribution is -0.128. The minimum atomic E-state index is -0.634. The number of hydrogen-bond acceptors (Lipinski definition) is 5. The molecule has 4 rings (SSSR count). The first-order valence-electron chi connectivity index (χ1n) is 12.1. The number of nitrogens with zero attached hydrogens (tertiary/aromatic N) is 3. The molecule has 7 heteroatoms.